The summed E-state index contributed by atoms with van der Waals surface area (Å²) in [7, 11) is 6.37. The fourth-order valence-electron chi connectivity index (χ4n) is 2.46. The third-order valence-corrected chi connectivity index (χ3v) is 3.81. The minimum absolute atomic E-state index is 0.250. The summed E-state index contributed by atoms with van der Waals surface area (Å²) in [6.45, 7) is 0.815. The van der Waals surface area contributed by atoms with Crippen molar-refractivity contribution in [1.29, 1.82) is 0 Å². The van der Waals surface area contributed by atoms with E-state index in [0.717, 1.165) is 5.56 Å². The lowest BCUT2D eigenvalue weighted by Gasteiger charge is -2.16. The lowest BCUT2D eigenvalue weighted by Crippen LogP contribution is -2.36. The zero-order valence-corrected chi connectivity index (χ0v) is 15.4. The summed E-state index contributed by atoms with van der Waals surface area (Å²) in [5, 5.41) is 6.27. The van der Waals surface area contributed by atoms with Crippen molar-refractivity contribution in [3.63, 3.8) is 0 Å². The number of ether oxygens (including phenoxy) is 3. The summed E-state index contributed by atoms with van der Waals surface area (Å²) in [6.07, 6.45) is 0. The van der Waals surface area contributed by atoms with Crippen molar-refractivity contribution in [2.24, 2.45) is 4.99 Å². The number of guanidine groups is 1. The lowest BCUT2D eigenvalue weighted by atomic mass is 10.2. The Kier molecular flexibility index (Phi) is 7.08. The molecule has 0 aliphatic carbocycles. The standard InChI is InChI=1S/C19H24FN3O3/c1-21-19(23-12-14-7-5-6-8-15(14)20)22-11-13-9-16(24-2)18(26-4)17(10-13)25-3/h5-10H,11-12H2,1-4H3,(H2,21,22,23). The van der Waals surface area contributed by atoms with Gasteiger partial charge in [-0.2, -0.15) is 0 Å². The first-order chi connectivity index (χ1) is 12.6. The van der Waals surface area contributed by atoms with Crippen molar-refractivity contribution in [1.82, 2.24) is 10.6 Å². The third kappa shape index (κ3) is 4.78. The average Bonchev–Trinajstić information content (AvgIpc) is 2.68. The number of aliphatic imine (C=N–C) groups is 1. The van der Waals surface area contributed by atoms with E-state index in [0.29, 0.717) is 41.9 Å². The molecule has 0 aliphatic rings. The van der Waals surface area contributed by atoms with Gasteiger partial charge in [0.25, 0.3) is 0 Å². The summed E-state index contributed by atoms with van der Waals surface area (Å²) >= 11 is 0. The van der Waals surface area contributed by atoms with Gasteiger partial charge in [0.15, 0.2) is 17.5 Å². The monoisotopic (exact) mass is 361 g/mol. The molecule has 0 unspecified atom stereocenters. The van der Waals surface area contributed by atoms with Crippen LogP contribution in [0.15, 0.2) is 41.4 Å². The molecule has 0 radical (unpaired) electrons. The fraction of sp³-hybridized carbons (Fsp3) is 0.316. The summed E-state index contributed by atoms with van der Waals surface area (Å²) in [4.78, 5) is 4.15. The molecule has 0 atom stereocenters. The highest BCUT2D eigenvalue weighted by Gasteiger charge is 2.13. The van der Waals surface area contributed by atoms with Crippen molar-refractivity contribution in [2.75, 3.05) is 28.4 Å². The van der Waals surface area contributed by atoms with Gasteiger partial charge in [-0.3, -0.25) is 4.99 Å². The maximum atomic E-state index is 13.7. The Bertz CT molecular complexity index is 740. The number of nitrogens with zero attached hydrogens (tertiary/aromatic N) is 1. The van der Waals surface area contributed by atoms with Gasteiger partial charge in [0.05, 0.1) is 21.3 Å². The lowest BCUT2D eigenvalue weighted by molar-refractivity contribution is 0.323. The Labute approximate surface area is 153 Å². The number of methoxy groups -OCH3 is 3. The minimum Gasteiger partial charge on any atom is -0.493 e. The molecule has 0 spiro atoms. The van der Waals surface area contributed by atoms with Gasteiger partial charge in [0.2, 0.25) is 5.75 Å². The number of benzene rings is 2. The maximum absolute atomic E-state index is 13.7. The van der Waals surface area contributed by atoms with E-state index in [2.05, 4.69) is 15.6 Å². The van der Waals surface area contributed by atoms with Crippen LogP contribution in [0.1, 0.15) is 11.1 Å². The van der Waals surface area contributed by atoms with E-state index in [9.17, 15) is 4.39 Å². The molecule has 0 saturated carbocycles. The molecule has 6 nitrogen and oxygen atoms in total. The highest BCUT2D eigenvalue weighted by atomic mass is 19.1. The average molecular weight is 361 g/mol. The van der Waals surface area contributed by atoms with Gasteiger partial charge in [-0.1, -0.05) is 18.2 Å². The Morgan fingerprint density at radius 3 is 2.12 bits per heavy atom. The summed E-state index contributed by atoms with van der Waals surface area (Å²) < 4.78 is 29.7. The van der Waals surface area contributed by atoms with Crippen LogP contribution in [0.2, 0.25) is 0 Å². The number of hydrogen-bond donors (Lipinski definition) is 2. The number of rotatable bonds is 7. The van der Waals surface area contributed by atoms with E-state index in [4.69, 9.17) is 14.2 Å². The van der Waals surface area contributed by atoms with Crippen molar-refractivity contribution < 1.29 is 18.6 Å². The van der Waals surface area contributed by atoms with Crippen molar-refractivity contribution in [2.45, 2.75) is 13.1 Å². The second-order valence-electron chi connectivity index (χ2n) is 5.40. The summed E-state index contributed by atoms with van der Waals surface area (Å²) in [6, 6.07) is 10.3. The molecule has 0 amide bonds. The van der Waals surface area contributed by atoms with Crippen LogP contribution in [0.25, 0.3) is 0 Å². The Morgan fingerprint density at radius 1 is 0.962 bits per heavy atom. The first-order valence-electron chi connectivity index (χ1n) is 8.09. The van der Waals surface area contributed by atoms with Crippen LogP contribution in [0.5, 0.6) is 17.2 Å². The molecule has 2 rings (SSSR count). The molecule has 26 heavy (non-hydrogen) atoms. The molecule has 2 aromatic carbocycles. The Morgan fingerprint density at radius 2 is 1.58 bits per heavy atom. The largest absolute Gasteiger partial charge is 0.493 e. The van der Waals surface area contributed by atoms with E-state index in [1.165, 1.54) is 6.07 Å². The van der Waals surface area contributed by atoms with Gasteiger partial charge in [-0.15, -0.1) is 0 Å². The first kappa shape index (κ1) is 19.4. The van der Waals surface area contributed by atoms with Crippen LogP contribution in [0.4, 0.5) is 4.39 Å². The fourth-order valence-corrected chi connectivity index (χ4v) is 2.46. The van der Waals surface area contributed by atoms with Crippen molar-refractivity contribution in [3.05, 3.63) is 53.3 Å². The smallest absolute Gasteiger partial charge is 0.203 e. The number of hydrogen-bond acceptors (Lipinski definition) is 4. The van der Waals surface area contributed by atoms with E-state index in [-0.39, 0.29) is 5.82 Å². The molecule has 0 aliphatic heterocycles. The molecule has 2 aromatic rings. The predicted molar refractivity (Wildman–Crippen MR) is 99.5 cm³/mol. The van der Waals surface area contributed by atoms with Crippen molar-refractivity contribution >= 4 is 5.96 Å². The Balaban J connectivity index is 2.03. The van der Waals surface area contributed by atoms with Gasteiger partial charge >= 0.3 is 0 Å². The van der Waals surface area contributed by atoms with E-state index in [1.807, 2.05) is 12.1 Å². The molecule has 0 aromatic heterocycles. The van der Waals surface area contributed by atoms with Gasteiger partial charge in [-0.25, -0.2) is 4.39 Å². The third-order valence-electron chi connectivity index (χ3n) is 3.81. The maximum Gasteiger partial charge on any atom is 0.203 e. The first-order valence-corrected chi connectivity index (χ1v) is 8.09. The Hall–Kier alpha value is -2.96. The van der Waals surface area contributed by atoms with Crippen LogP contribution in [0, 0.1) is 5.82 Å². The van der Waals surface area contributed by atoms with Crippen molar-refractivity contribution in [3.8, 4) is 17.2 Å². The molecule has 0 heterocycles. The minimum atomic E-state index is -0.250. The summed E-state index contributed by atoms with van der Waals surface area (Å²) in [5.74, 6) is 2.01. The normalized spacial score (nSPS) is 11.0. The van der Waals surface area contributed by atoms with Gasteiger partial charge < -0.3 is 24.8 Å². The van der Waals surface area contributed by atoms with E-state index in [1.54, 1.807) is 46.6 Å². The zero-order valence-electron chi connectivity index (χ0n) is 15.4. The van der Waals surface area contributed by atoms with Crippen LogP contribution in [-0.2, 0) is 13.1 Å². The number of halogens is 1. The molecular weight excluding hydrogens is 337 g/mol. The molecule has 0 bridgehead atoms. The van der Waals surface area contributed by atoms with Gasteiger partial charge in [0.1, 0.15) is 5.82 Å². The topological polar surface area (TPSA) is 64.1 Å². The van der Waals surface area contributed by atoms with Crippen LogP contribution in [-0.4, -0.2) is 34.3 Å². The molecule has 0 fully saturated rings. The second kappa shape index (κ2) is 9.50. The molecule has 140 valence electrons. The van der Waals surface area contributed by atoms with E-state index >= 15 is 0 Å². The highest BCUT2D eigenvalue weighted by Crippen LogP contribution is 2.38. The van der Waals surface area contributed by atoms with Crippen LogP contribution < -0.4 is 24.8 Å². The number of nitrogens with one attached hydrogen (secondary N) is 2. The molecule has 0 saturated heterocycles. The van der Waals surface area contributed by atoms with Gasteiger partial charge in [-0.05, 0) is 23.8 Å². The molecule has 2 N–H and O–H groups in total. The van der Waals surface area contributed by atoms with E-state index < -0.39 is 0 Å². The molecule has 7 heteroatoms. The molecular formula is C19H24FN3O3. The van der Waals surface area contributed by atoms with Gasteiger partial charge in [0, 0.05) is 25.7 Å². The van der Waals surface area contributed by atoms with Crippen LogP contribution >= 0.6 is 0 Å². The van der Waals surface area contributed by atoms with Crippen LogP contribution in [0.3, 0.4) is 0 Å². The highest BCUT2D eigenvalue weighted by molar-refractivity contribution is 5.79. The second-order valence-corrected chi connectivity index (χ2v) is 5.40. The summed E-state index contributed by atoms with van der Waals surface area (Å²) in [5.41, 5.74) is 1.50. The predicted octanol–water partition coefficient (Wildman–Crippen LogP) is 2.72. The quantitative estimate of drug-likeness (QED) is 0.586. The SMILES string of the molecule is CN=C(NCc1cc(OC)c(OC)c(OC)c1)NCc1ccccc1F. The zero-order chi connectivity index (χ0) is 18.9.